The first kappa shape index (κ1) is 21.7. The Kier molecular flexibility index (Phi) is 6.48. The molecule has 1 aromatic carbocycles. The van der Waals surface area contributed by atoms with Crippen molar-refractivity contribution in [2.24, 2.45) is 0 Å². The number of aromatic nitrogens is 5. The van der Waals surface area contributed by atoms with E-state index in [9.17, 15) is 14.4 Å². The van der Waals surface area contributed by atoms with Gasteiger partial charge in [0.15, 0.2) is 22.7 Å². The van der Waals surface area contributed by atoms with Crippen LogP contribution in [0, 0.1) is 0 Å². The Morgan fingerprint density at radius 1 is 1.03 bits per heavy atom. The van der Waals surface area contributed by atoms with Gasteiger partial charge < -0.3 is 18.9 Å². The van der Waals surface area contributed by atoms with Gasteiger partial charge >= 0.3 is 11.9 Å². The van der Waals surface area contributed by atoms with E-state index in [1.807, 2.05) is 0 Å². The molecule has 0 aliphatic carbocycles. The van der Waals surface area contributed by atoms with Crippen molar-refractivity contribution in [3.05, 3.63) is 34.9 Å². The lowest BCUT2D eigenvalue weighted by Crippen LogP contribution is -2.37. The minimum atomic E-state index is -1.64. The van der Waals surface area contributed by atoms with Gasteiger partial charge in [0, 0.05) is 6.07 Å². The average molecular weight is 431 g/mol. The number of carbonyl (C=O) groups is 2. The summed E-state index contributed by atoms with van der Waals surface area (Å²) >= 11 is 0. The Hall–Kier alpha value is -3.96. The normalized spacial score (nSPS) is 10.9. The van der Waals surface area contributed by atoms with Gasteiger partial charge in [-0.15, -0.1) is 5.10 Å². The predicted octanol–water partition coefficient (Wildman–Crippen LogP) is 0.662. The van der Waals surface area contributed by atoms with Crippen LogP contribution in [0.15, 0.2) is 29.3 Å². The first-order valence-corrected chi connectivity index (χ1v) is 9.34. The van der Waals surface area contributed by atoms with E-state index < -0.39 is 23.5 Å². The first-order chi connectivity index (χ1) is 15.0. The van der Waals surface area contributed by atoms with E-state index in [2.05, 4.69) is 15.3 Å². The smallest absolute Gasteiger partial charge is 0.341 e. The molecule has 0 spiro atoms. The van der Waals surface area contributed by atoms with E-state index in [1.54, 1.807) is 32.0 Å². The second kappa shape index (κ2) is 9.24. The van der Waals surface area contributed by atoms with Gasteiger partial charge in [-0.3, -0.25) is 9.36 Å². The second-order valence-corrected chi connectivity index (χ2v) is 6.08. The number of carbonyl (C=O) groups excluding carboxylic acids is 2. The number of benzene rings is 1. The minimum Gasteiger partial charge on any atom is -0.493 e. The molecule has 0 atom stereocenters. The highest BCUT2D eigenvalue weighted by atomic mass is 16.6. The topological polar surface area (TPSA) is 137 Å². The maximum Gasteiger partial charge on any atom is 0.341 e. The van der Waals surface area contributed by atoms with Crippen LogP contribution in [0.25, 0.3) is 16.9 Å². The van der Waals surface area contributed by atoms with E-state index in [1.165, 1.54) is 18.9 Å². The van der Waals surface area contributed by atoms with Crippen LogP contribution < -0.4 is 15.0 Å². The maximum absolute atomic E-state index is 13.0. The monoisotopic (exact) mass is 431 g/mol. The molecule has 0 radical (unpaired) electrons. The molecule has 164 valence electrons. The van der Waals surface area contributed by atoms with Crippen LogP contribution in [0.2, 0.25) is 0 Å². The molecule has 0 saturated heterocycles. The minimum absolute atomic E-state index is 0.0225. The lowest BCUT2D eigenvalue weighted by molar-refractivity contribution is -0.160. The summed E-state index contributed by atoms with van der Waals surface area (Å²) in [6, 6.07) is 3.35. The second-order valence-electron chi connectivity index (χ2n) is 6.08. The summed E-state index contributed by atoms with van der Waals surface area (Å²) in [5.41, 5.74) is -0.254. The lowest BCUT2D eigenvalue weighted by Gasteiger charge is -2.16. The fourth-order valence-corrected chi connectivity index (χ4v) is 2.90. The SMILES string of the molecule is CCOC(=O)C(C(=O)OCC)n1cnc2c(nnn2-c2ccc(OC)c(OC)c2)c1=O. The molecule has 0 unspecified atom stereocenters. The lowest BCUT2D eigenvalue weighted by atomic mass is 10.2. The fraction of sp³-hybridized carbons (Fsp3) is 0.368. The number of esters is 2. The van der Waals surface area contributed by atoms with E-state index in [0.717, 1.165) is 10.9 Å². The molecule has 0 saturated carbocycles. The highest BCUT2D eigenvalue weighted by Gasteiger charge is 2.33. The van der Waals surface area contributed by atoms with E-state index >= 15 is 0 Å². The van der Waals surface area contributed by atoms with E-state index in [4.69, 9.17) is 18.9 Å². The van der Waals surface area contributed by atoms with Crippen molar-refractivity contribution < 1.29 is 28.5 Å². The molecular formula is C19H21N5O7. The number of rotatable bonds is 8. The molecule has 0 bridgehead atoms. The van der Waals surface area contributed by atoms with Gasteiger partial charge in [-0.2, -0.15) is 4.68 Å². The zero-order valence-corrected chi connectivity index (χ0v) is 17.4. The summed E-state index contributed by atoms with van der Waals surface area (Å²) in [4.78, 5) is 41.9. The summed E-state index contributed by atoms with van der Waals surface area (Å²) < 4.78 is 22.5. The van der Waals surface area contributed by atoms with Crippen LogP contribution in [-0.4, -0.2) is 63.9 Å². The quantitative estimate of drug-likeness (QED) is 0.369. The first-order valence-electron chi connectivity index (χ1n) is 9.34. The summed E-state index contributed by atoms with van der Waals surface area (Å²) in [5.74, 6) is -0.910. The molecule has 31 heavy (non-hydrogen) atoms. The highest BCUT2D eigenvalue weighted by molar-refractivity contribution is 5.97. The summed E-state index contributed by atoms with van der Waals surface area (Å²) in [6.07, 6.45) is 1.06. The van der Waals surface area contributed by atoms with Crippen molar-refractivity contribution in [1.29, 1.82) is 0 Å². The van der Waals surface area contributed by atoms with E-state index in [-0.39, 0.29) is 24.4 Å². The van der Waals surface area contributed by atoms with Gasteiger partial charge in [0.25, 0.3) is 5.56 Å². The van der Waals surface area contributed by atoms with Crippen LogP contribution in [0.3, 0.4) is 0 Å². The van der Waals surface area contributed by atoms with Crippen LogP contribution >= 0.6 is 0 Å². The van der Waals surface area contributed by atoms with Gasteiger partial charge in [-0.1, -0.05) is 5.21 Å². The van der Waals surface area contributed by atoms with Crippen LogP contribution in [-0.2, 0) is 19.1 Å². The third kappa shape index (κ3) is 4.04. The number of methoxy groups -OCH3 is 2. The zero-order valence-electron chi connectivity index (χ0n) is 17.4. The molecule has 3 rings (SSSR count). The molecule has 12 nitrogen and oxygen atoms in total. The van der Waals surface area contributed by atoms with Crippen molar-refractivity contribution >= 4 is 23.1 Å². The van der Waals surface area contributed by atoms with Gasteiger partial charge in [0.05, 0.1) is 33.1 Å². The van der Waals surface area contributed by atoms with E-state index in [0.29, 0.717) is 17.2 Å². The standard InChI is InChI=1S/C19H21N5O7/c1-5-30-18(26)15(19(27)31-6-2)23-10-20-16-14(17(23)25)21-22-24(16)11-7-8-12(28-3)13(9-11)29-4/h7-10,15H,5-6H2,1-4H3. The van der Waals surface area contributed by atoms with Gasteiger partial charge in [-0.05, 0) is 26.0 Å². The van der Waals surface area contributed by atoms with Crippen molar-refractivity contribution in [3.8, 4) is 17.2 Å². The molecule has 2 aromatic heterocycles. The largest absolute Gasteiger partial charge is 0.493 e. The number of hydrogen-bond acceptors (Lipinski definition) is 10. The van der Waals surface area contributed by atoms with Crippen molar-refractivity contribution in [2.75, 3.05) is 27.4 Å². The number of fused-ring (bicyclic) bond motifs is 1. The van der Waals surface area contributed by atoms with Gasteiger partial charge in [0.2, 0.25) is 6.04 Å². The highest BCUT2D eigenvalue weighted by Crippen LogP contribution is 2.29. The summed E-state index contributed by atoms with van der Waals surface area (Å²) in [5, 5.41) is 7.87. The molecule has 0 N–H and O–H groups in total. The predicted molar refractivity (Wildman–Crippen MR) is 106 cm³/mol. The maximum atomic E-state index is 13.0. The van der Waals surface area contributed by atoms with Gasteiger partial charge in [-0.25, -0.2) is 14.6 Å². The number of ether oxygens (including phenoxy) is 4. The van der Waals surface area contributed by atoms with Crippen LogP contribution in [0.5, 0.6) is 11.5 Å². The number of nitrogens with zero attached hydrogens (tertiary/aromatic N) is 5. The Labute approximate surface area is 176 Å². The Balaban J connectivity index is 2.11. The van der Waals surface area contributed by atoms with Crippen LogP contribution in [0.4, 0.5) is 0 Å². The molecule has 0 amide bonds. The molecular weight excluding hydrogens is 410 g/mol. The Bertz CT molecular complexity index is 1150. The summed E-state index contributed by atoms with van der Waals surface area (Å²) in [7, 11) is 3.00. The van der Waals surface area contributed by atoms with Crippen LogP contribution in [0.1, 0.15) is 19.9 Å². The molecule has 0 fully saturated rings. The van der Waals surface area contributed by atoms with Crippen molar-refractivity contribution in [2.45, 2.75) is 19.9 Å². The molecule has 2 heterocycles. The third-order valence-corrected chi connectivity index (χ3v) is 4.30. The third-order valence-electron chi connectivity index (χ3n) is 4.30. The average Bonchev–Trinajstić information content (AvgIpc) is 3.20. The van der Waals surface area contributed by atoms with Crippen molar-refractivity contribution in [3.63, 3.8) is 0 Å². The molecule has 0 aliphatic heterocycles. The summed E-state index contributed by atoms with van der Waals surface area (Å²) in [6.45, 7) is 3.21. The van der Waals surface area contributed by atoms with Crippen molar-refractivity contribution in [1.82, 2.24) is 24.5 Å². The molecule has 3 aromatic rings. The molecule has 0 aliphatic rings. The Morgan fingerprint density at radius 2 is 1.68 bits per heavy atom. The van der Waals surface area contributed by atoms with Gasteiger partial charge in [0.1, 0.15) is 6.33 Å². The number of hydrogen-bond donors (Lipinski definition) is 0. The fourth-order valence-electron chi connectivity index (χ4n) is 2.90. The Morgan fingerprint density at radius 3 is 2.26 bits per heavy atom. The molecule has 12 heteroatoms. The zero-order chi connectivity index (χ0) is 22.5.